The minimum atomic E-state index is -2.25. The van der Waals surface area contributed by atoms with Crippen LogP contribution < -0.4 is 11.2 Å². The third kappa shape index (κ3) is 7.77. The normalized spacial score (nSPS) is 21.5. The minimum absolute atomic E-state index is 0.0274. The molecule has 2 aromatic rings. The van der Waals surface area contributed by atoms with Gasteiger partial charge in [0.05, 0.1) is 30.4 Å². The first kappa shape index (κ1) is 33.4. The standard InChI is InChI=1S/C29H42N3O9PSi/c1-19-17-32(28(36)30-25(19)33)24-16-22(23(40-24)18-39-43(5,6)29(2,3)4)41-42(37)38-15-11-7-10-14-31-26(34)20-12-8-9-13-21(20)27(31)35/h8-9,12-13,17,22-24,37H,7,10-11,14-16,18H2,1-6H3,(H,30,33,36)/t22-,23+,24+,42?/m0/s1. The van der Waals surface area contributed by atoms with E-state index in [-0.39, 0.29) is 36.5 Å². The fraction of sp³-hybridized carbons (Fsp3) is 0.586. The van der Waals surface area contributed by atoms with E-state index in [9.17, 15) is 24.1 Å². The van der Waals surface area contributed by atoms with Crippen molar-refractivity contribution < 1.29 is 32.7 Å². The number of imide groups is 1. The van der Waals surface area contributed by atoms with Crippen molar-refractivity contribution in [3.05, 3.63) is 68.0 Å². The van der Waals surface area contributed by atoms with E-state index in [1.807, 2.05) is 0 Å². The van der Waals surface area contributed by atoms with Crippen LogP contribution in [0.15, 0.2) is 40.1 Å². The van der Waals surface area contributed by atoms with Gasteiger partial charge in [-0.05, 0) is 56.5 Å². The van der Waals surface area contributed by atoms with Gasteiger partial charge in [0.2, 0.25) is 0 Å². The highest BCUT2D eigenvalue weighted by atomic mass is 31.2. The van der Waals surface area contributed by atoms with E-state index in [1.54, 1.807) is 31.2 Å². The van der Waals surface area contributed by atoms with Crippen LogP contribution in [0.25, 0.3) is 0 Å². The average molecular weight is 636 g/mol. The SMILES string of the molecule is Cc1cn([C@H]2C[C@H](OP(O)OCCCCCN3C(=O)c4ccccc4C3=O)[C@@H](CO[Si](C)(C)C(C)(C)C)O2)c(=O)[nH]c1=O. The maximum Gasteiger partial charge on any atom is 0.330 e. The molecule has 1 aromatic carbocycles. The van der Waals surface area contributed by atoms with Gasteiger partial charge in [-0.3, -0.25) is 28.8 Å². The van der Waals surface area contributed by atoms with Gasteiger partial charge < -0.3 is 23.1 Å². The molecule has 0 spiro atoms. The smallest absolute Gasteiger partial charge is 0.330 e. The Balaban J connectivity index is 1.28. The van der Waals surface area contributed by atoms with Crippen LogP contribution in [0.5, 0.6) is 0 Å². The number of carbonyl (C=O) groups is 2. The number of carbonyl (C=O) groups excluding carboxylic acids is 2. The Labute approximate surface area is 253 Å². The molecule has 2 N–H and O–H groups in total. The predicted molar refractivity (Wildman–Crippen MR) is 163 cm³/mol. The molecule has 4 rings (SSSR count). The number of hydrogen-bond acceptors (Lipinski definition) is 9. The van der Waals surface area contributed by atoms with Gasteiger partial charge in [-0.1, -0.05) is 32.9 Å². The van der Waals surface area contributed by atoms with Crippen LogP contribution in [0.1, 0.15) is 79.0 Å². The monoisotopic (exact) mass is 635 g/mol. The Bertz CT molecular complexity index is 1400. The maximum absolute atomic E-state index is 12.5. The van der Waals surface area contributed by atoms with Crippen molar-refractivity contribution in [2.75, 3.05) is 19.8 Å². The number of amides is 2. The summed E-state index contributed by atoms with van der Waals surface area (Å²) in [4.78, 5) is 63.6. The number of nitrogens with one attached hydrogen (secondary N) is 1. The van der Waals surface area contributed by atoms with E-state index >= 15 is 0 Å². The molecule has 1 fully saturated rings. The summed E-state index contributed by atoms with van der Waals surface area (Å²) in [7, 11) is -4.38. The molecule has 2 aliphatic rings. The minimum Gasteiger partial charge on any atom is -0.414 e. The molecule has 1 aromatic heterocycles. The molecular formula is C29H42N3O9PSi. The molecule has 2 amide bonds. The number of ether oxygens (including phenoxy) is 1. The number of aromatic nitrogens is 2. The lowest BCUT2D eigenvalue weighted by atomic mass is 10.1. The Kier molecular flexibility index (Phi) is 10.6. The molecule has 236 valence electrons. The highest BCUT2D eigenvalue weighted by Crippen LogP contribution is 2.43. The van der Waals surface area contributed by atoms with Crippen molar-refractivity contribution in [3.8, 4) is 0 Å². The van der Waals surface area contributed by atoms with E-state index in [0.717, 1.165) is 0 Å². The van der Waals surface area contributed by atoms with Crippen molar-refractivity contribution in [2.24, 2.45) is 0 Å². The van der Waals surface area contributed by atoms with Gasteiger partial charge in [0.15, 0.2) is 8.32 Å². The molecule has 0 radical (unpaired) electrons. The first-order chi connectivity index (χ1) is 20.2. The number of H-pyrrole nitrogens is 1. The van der Waals surface area contributed by atoms with Crippen LogP contribution in [0.3, 0.4) is 0 Å². The van der Waals surface area contributed by atoms with E-state index in [1.165, 1.54) is 15.7 Å². The molecule has 43 heavy (non-hydrogen) atoms. The summed E-state index contributed by atoms with van der Waals surface area (Å²) >= 11 is 0. The Morgan fingerprint density at radius 2 is 1.72 bits per heavy atom. The second kappa shape index (κ2) is 13.6. The predicted octanol–water partition coefficient (Wildman–Crippen LogP) is 4.24. The summed E-state index contributed by atoms with van der Waals surface area (Å²) in [6.07, 6.45) is 1.70. The van der Waals surface area contributed by atoms with Crippen LogP contribution in [-0.2, 0) is 18.2 Å². The lowest BCUT2D eigenvalue weighted by Gasteiger charge is -2.37. The number of fused-ring (bicyclic) bond motifs is 1. The van der Waals surface area contributed by atoms with Crippen molar-refractivity contribution >= 4 is 28.7 Å². The number of nitrogens with zero attached hydrogens (tertiary/aromatic N) is 2. The van der Waals surface area contributed by atoms with E-state index in [0.29, 0.717) is 42.5 Å². The molecule has 2 aliphatic heterocycles. The molecule has 14 heteroatoms. The summed E-state index contributed by atoms with van der Waals surface area (Å²) in [6.45, 7) is 13.0. The third-order valence-electron chi connectivity index (χ3n) is 8.38. The van der Waals surface area contributed by atoms with Gasteiger partial charge >= 0.3 is 14.3 Å². The molecule has 12 nitrogen and oxygen atoms in total. The summed E-state index contributed by atoms with van der Waals surface area (Å²) in [5.74, 6) is -0.542. The Morgan fingerprint density at radius 3 is 2.35 bits per heavy atom. The van der Waals surface area contributed by atoms with E-state index in [2.05, 4.69) is 38.8 Å². The highest BCUT2D eigenvalue weighted by Gasteiger charge is 2.43. The zero-order chi connectivity index (χ0) is 31.5. The average Bonchev–Trinajstić information content (AvgIpc) is 3.44. The molecule has 1 saturated heterocycles. The van der Waals surface area contributed by atoms with Gasteiger partial charge in [0.25, 0.3) is 17.4 Å². The molecule has 0 saturated carbocycles. The summed E-state index contributed by atoms with van der Waals surface area (Å²) in [5, 5.41) is -0.0274. The Morgan fingerprint density at radius 1 is 1.07 bits per heavy atom. The summed E-state index contributed by atoms with van der Waals surface area (Å²) in [6, 6.07) is 6.81. The van der Waals surface area contributed by atoms with E-state index in [4.69, 9.17) is 18.2 Å². The fourth-order valence-corrected chi connectivity index (χ4v) is 6.53. The van der Waals surface area contributed by atoms with Crippen molar-refractivity contribution in [2.45, 2.75) is 89.9 Å². The quantitative estimate of drug-likeness (QED) is 0.143. The van der Waals surface area contributed by atoms with Crippen molar-refractivity contribution in [3.63, 3.8) is 0 Å². The van der Waals surface area contributed by atoms with Gasteiger partial charge in [0, 0.05) is 24.7 Å². The molecule has 3 heterocycles. The lowest BCUT2D eigenvalue weighted by Crippen LogP contribution is -2.44. The molecule has 0 aliphatic carbocycles. The second-order valence-electron chi connectivity index (χ2n) is 12.5. The fourth-order valence-electron chi connectivity index (χ4n) is 4.72. The molecular weight excluding hydrogens is 593 g/mol. The van der Waals surface area contributed by atoms with Crippen LogP contribution in [-0.4, -0.2) is 71.4 Å². The largest absolute Gasteiger partial charge is 0.414 e. The molecule has 4 atom stereocenters. The zero-order valence-corrected chi connectivity index (χ0v) is 27.5. The van der Waals surface area contributed by atoms with Gasteiger partial charge in [-0.25, -0.2) is 4.79 Å². The van der Waals surface area contributed by atoms with Gasteiger partial charge in [-0.15, -0.1) is 0 Å². The topological polar surface area (TPSA) is 149 Å². The number of unbranched alkanes of at least 4 members (excludes halogenated alkanes) is 2. The maximum atomic E-state index is 12.5. The highest BCUT2D eigenvalue weighted by molar-refractivity contribution is 7.40. The van der Waals surface area contributed by atoms with Gasteiger partial charge in [0.1, 0.15) is 12.3 Å². The summed E-state index contributed by atoms with van der Waals surface area (Å²) < 4.78 is 25.3. The first-order valence-corrected chi connectivity index (χ1v) is 18.6. The Hall–Kier alpha value is -2.51. The van der Waals surface area contributed by atoms with Crippen LogP contribution in [0.4, 0.5) is 0 Å². The first-order valence-electron chi connectivity index (χ1n) is 14.5. The molecule has 1 unspecified atom stereocenters. The van der Waals surface area contributed by atoms with Crippen molar-refractivity contribution in [1.29, 1.82) is 0 Å². The summed E-state index contributed by atoms with van der Waals surface area (Å²) in [5.41, 5.74) is 0.198. The van der Waals surface area contributed by atoms with Crippen LogP contribution >= 0.6 is 8.60 Å². The molecule has 0 bridgehead atoms. The van der Waals surface area contributed by atoms with Gasteiger partial charge in [-0.2, -0.15) is 0 Å². The lowest BCUT2D eigenvalue weighted by molar-refractivity contribution is -0.0414. The number of aromatic amines is 1. The zero-order valence-electron chi connectivity index (χ0n) is 25.6. The third-order valence-corrected chi connectivity index (χ3v) is 13.7. The van der Waals surface area contributed by atoms with Crippen LogP contribution in [0.2, 0.25) is 18.1 Å². The number of benzene rings is 1. The number of rotatable bonds is 13. The number of aryl methyl sites for hydroxylation is 1. The second-order valence-corrected chi connectivity index (χ2v) is 18.3. The van der Waals surface area contributed by atoms with E-state index < -0.39 is 46.6 Å². The van der Waals surface area contributed by atoms with Crippen molar-refractivity contribution in [1.82, 2.24) is 14.5 Å². The number of hydrogen-bond donors (Lipinski definition) is 2. The van der Waals surface area contributed by atoms with Crippen LogP contribution in [0, 0.1) is 6.92 Å².